The predicted octanol–water partition coefficient (Wildman–Crippen LogP) is 2.52. The molecule has 2 unspecified atom stereocenters. The first kappa shape index (κ1) is 14.4. The Labute approximate surface area is 92.8 Å². The molecule has 0 rings (SSSR count). The van der Waals surface area contributed by atoms with Gasteiger partial charge in [-0.15, -0.1) is 0 Å². The van der Waals surface area contributed by atoms with Crippen molar-refractivity contribution in [1.82, 2.24) is 0 Å². The number of esters is 1. The van der Waals surface area contributed by atoms with Crippen molar-refractivity contribution in [3.63, 3.8) is 0 Å². The lowest BCUT2D eigenvalue weighted by molar-refractivity contribution is -0.154. The maximum Gasteiger partial charge on any atom is 0.311 e. The van der Waals surface area contributed by atoms with Crippen LogP contribution in [0.3, 0.4) is 0 Å². The number of rotatable bonds is 7. The molecule has 0 radical (unpaired) electrons. The van der Waals surface area contributed by atoms with Crippen molar-refractivity contribution in [2.24, 2.45) is 5.92 Å². The fourth-order valence-corrected chi connectivity index (χ4v) is 1.56. The summed E-state index contributed by atoms with van der Waals surface area (Å²) in [5.41, 5.74) is -0.944. The van der Waals surface area contributed by atoms with Gasteiger partial charge >= 0.3 is 5.97 Å². The second-order valence-corrected chi connectivity index (χ2v) is 4.41. The van der Waals surface area contributed by atoms with Gasteiger partial charge in [0.1, 0.15) is 0 Å². The Hall–Kier alpha value is -0.570. The lowest BCUT2D eigenvalue weighted by Gasteiger charge is -2.28. The van der Waals surface area contributed by atoms with Crippen LogP contribution in [0.2, 0.25) is 0 Å². The summed E-state index contributed by atoms with van der Waals surface area (Å²) in [6.45, 7) is 5.57. The van der Waals surface area contributed by atoms with Crippen LogP contribution in [0.25, 0.3) is 0 Å². The zero-order chi connectivity index (χ0) is 11.9. The van der Waals surface area contributed by atoms with Gasteiger partial charge in [0, 0.05) is 0 Å². The number of methoxy groups -OCH3 is 1. The molecule has 0 aliphatic carbocycles. The van der Waals surface area contributed by atoms with E-state index in [0.717, 1.165) is 12.8 Å². The number of unbranched alkanes of at least 4 members (excludes halogenated alkanes) is 3. The summed E-state index contributed by atoms with van der Waals surface area (Å²) in [4.78, 5) is 11.3. The molecular weight excluding hydrogens is 192 g/mol. The molecule has 90 valence electrons. The maximum atomic E-state index is 11.3. The smallest absolute Gasteiger partial charge is 0.311 e. The van der Waals surface area contributed by atoms with Crippen LogP contribution < -0.4 is 0 Å². The number of aliphatic hydroxyl groups is 1. The van der Waals surface area contributed by atoms with Gasteiger partial charge in [-0.2, -0.15) is 0 Å². The van der Waals surface area contributed by atoms with Gasteiger partial charge in [0.25, 0.3) is 0 Å². The van der Waals surface area contributed by atoms with E-state index in [1.807, 2.05) is 0 Å². The lowest BCUT2D eigenvalue weighted by Crippen LogP contribution is -2.38. The van der Waals surface area contributed by atoms with Gasteiger partial charge in [0.2, 0.25) is 0 Å². The van der Waals surface area contributed by atoms with Gasteiger partial charge in [-0.25, -0.2) is 0 Å². The summed E-state index contributed by atoms with van der Waals surface area (Å²) >= 11 is 0. The van der Waals surface area contributed by atoms with Crippen LogP contribution in [0, 0.1) is 5.92 Å². The molecule has 3 nitrogen and oxygen atoms in total. The number of ether oxygens (including phenoxy) is 1. The molecule has 0 saturated carbocycles. The minimum atomic E-state index is -0.944. The summed E-state index contributed by atoms with van der Waals surface area (Å²) in [5, 5.41) is 10.1. The molecule has 1 N–H and O–H groups in total. The first-order valence-corrected chi connectivity index (χ1v) is 5.76. The molecule has 0 bridgehead atoms. The van der Waals surface area contributed by atoms with Gasteiger partial charge < -0.3 is 9.84 Å². The zero-order valence-corrected chi connectivity index (χ0v) is 10.4. The van der Waals surface area contributed by atoms with Gasteiger partial charge in [-0.05, 0) is 20.3 Å². The van der Waals surface area contributed by atoms with Gasteiger partial charge in [0.15, 0.2) is 0 Å². The fourth-order valence-electron chi connectivity index (χ4n) is 1.56. The standard InChI is InChI=1S/C12H24O3/c1-5-6-7-8-9-12(3,14)10(2)11(13)15-4/h10,14H,5-9H2,1-4H3. The molecule has 3 heteroatoms. The molecule has 0 spiro atoms. The fraction of sp³-hybridized carbons (Fsp3) is 0.917. The molecule has 0 heterocycles. The van der Waals surface area contributed by atoms with E-state index in [0.29, 0.717) is 6.42 Å². The topological polar surface area (TPSA) is 46.5 Å². The Morgan fingerprint density at radius 1 is 1.40 bits per heavy atom. The lowest BCUT2D eigenvalue weighted by atomic mass is 9.86. The van der Waals surface area contributed by atoms with Gasteiger partial charge in [-0.1, -0.05) is 32.6 Å². The number of hydrogen-bond acceptors (Lipinski definition) is 3. The number of carbonyl (C=O) groups excluding carboxylic acids is 1. The summed E-state index contributed by atoms with van der Waals surface area (Å²) in [6, 6.07) is 0. The maximum absolute atomic E-state index is 11.3. The van der Waals surface area contributed by atoms with Crippen LogP contribution in [0.1, 0.15) is 52.9 Å². The molecular formula is C12H24O3. The molecule has 0 aromatic rings. The monoisotopic (exact) mass is 216 g/mol. The van der Waals surface area contributed by atoms with Gasteiger partial charge in [0.05, 0.1) is 18.6 Å². The van der Waals surface area contributed by atoms with Crippen molar-refractivity contribution in [3.8, 4) is 0 Å². The number of hydrogen-bond donors (Lipinski definition) is 1. The minimum absolute atomic E-state index is 0.338. The Bertz CT molecular complexity index is 187. The molecule has 2 atom stereocenters. The average Bonchev–Trinajstić information content (AvgIpc) is 2.22. The first-order chi connectivity index (χ1) is 6.95. The second kappa shape index (κ2) is 6.83. The van der Waals surface area contributed by atoms with Crippen molar-refractivity contribution >= 4 is 5.97 Å². The highest BCUT2D eigenvalue weighted by Crippen LogP contribution is 2.24. The normalized spacial score (nSPS) is 16.9. The van der Waals surface area contributed by atoms with E-state index in [2.05, 4.69) is 11.7 Å². The molecule has 0 aromatic heterocycles. The second-order valence-electron chi connectivity index (χ2n) is 4.41. The van der Waals surface area contributed by atoms with Crippen molar-refractivity contribution < 1.29 is 14.6 Å². The number of carbonyl (C=O) groups is 1. The van der Waals surface area contributed by atoms with E-state index < -0.39 is 11.5 Å². The van der Waals surface area contributed by atoms with E-state index in [9.17, 15) is 9.90 Å². The Morgan fingerprint density at radius 3 is 2.47 bits per heavy atom. The van der Waals surface area contributed by atoms with Crippen molar-refractivity contribution in [3.05, 3.63) is 0 Å². The van der Waals surface area contributed by atoms with E-state index in [-0.39, 0.29) is 5.97 Å². The molecule has 0 saturated heterocycles. The Kier molecular flexibility index (Phi) is 6.57. The van der Waals surface area contributed by atoms with Crippen molar-refractivity contribution in [1.29, 1.82) is 0 Å². The Morgan fingerprint density at radius 2 is 2.00 bits per heavy atom. The van der Waals surface area contributed by atoms with Crippen LogP contribution in [0.5, 0.6) is 0 Å². The third kappa shape index (κ3) is 5.17. The summed E-state index contributed by atoms with van der Waals surface area (Å²) in [7, 11) is 1.35. The zero-order valence-electron chi connectivity index (χ0n) is 10.4. The molecule has 0 aliphatic heterocycles. The van der Waals surface area contributed by atoms with E-state index >= 15 is 0 Å². The quantitative estimate of drug-likeness (QED) is 0.525. The SMILES string of the molecule is CCCCCCC(C)(O)C(C)C(=O)OC. The van der Waals surface area contributed by atoms with Crippen LogP contribution in [0.15, 0.2) is 0 Å². The third-order valence-corrected chi connectivity index (χ3v) is 3.02. The van der Waals surface area contributed by atoms with Crippen LogP contribution in [-0.2, 0) is 9.53 Å². The van der Waals surface area contributed by atoms with Crippen LogP contribution >= 0.6 is 0 Å². The largest absolute Gasteiger partial charge is 0.469 e. The van der Waals surface area contributed by atoms with E-state index in [1.54, 1.807) is 13.8 Å². The molecule has 0 aromatic carbocycles. The Balaban J connectivity index is 3.99. The van der Waals surface area contributed by atoms with Crippen LogP contribution in [-0.4, -0.2) is 23.8 Å². The van der Waals surface area contributed by atoms with Crippen molar-refractivity contribution in [2.45, 2.75) is 58.5 Å². The summed E-state index contributed by atoms with van der Waals surface area (Å²) < 4.78 is 4.63. The molecule has 0 aliphatic rings. The molecule has 15 heavy (non-hydrogen) atoms. The average molecular weight is 216 g/mol. The van der Waals surface area contributed by atoms with Crippen LogP contribution in [0.4, 0.5) is 0 Å². The first-order valence-electron chi connectivity index (χ1n) is 5.76. The highest BCUT2D eigenvalue weighted by molar-refractivity contribution is 5.73. The minimum Gasteiger partial charge on any atom is -0.469 e. The van der Waals surface area contributed by atoms with E-state index in [4.69, 9.17) is 0 Å². The molecule has 0 fully saturated rings. The van der Waals surface area contributed by atoms with Gasteiger partial charge in [-0.3, -0.25) is 4.79 Å². The molecule has 0 amide bonds. The van der Waals surface area contributed by atoms with Crippen molar-refractivity contribution in [2.75, 3.05) is 7.11 Å². The highest BCUT2D eigenvalue weighted by Gasteiger charge is 2.33. The van der Waals surface area contributed by atoms with E-state index in [1.165, 1.54) is 20.0 Å². The third-order valence-electron chi connectivity index (χ3n) is 3.02. The predicted molar refractivity (Wildman–Crippen MR) is 60.6 cm³/mol. The summed E-state index contributed by atoms with van der Waals surface area (Å²) in [5.74, 6) is -0.792. The highest BCUT2D eigenvalue weighted by atomic mass is 16.5. The summed E-state index contributed by atoms with van der Waals surface area (Å²) in [6.07, 6.45) is 5.09.